The van der Waals surface area contributed by atoms with Crippen LogP contribution in [-0.2, 0) is 16.1 Å². The number of rotatable bonds is 6. The van der Waals surface area contributed by atoms with Gasteiger partial charge in [-0.1, -0.05) is 30.3 Å². The minimum Gasteiger partial charge on any atom is -0.445 e. The molecule has 0 bridgehead atoms. The predicted molar refractivity (Wildman–Crippen MR) is 108 cm³/mol. The molecule has 1 saturated heterocycles. The van der Waals surface area contributed by atoms with Crippen molar-refractivity contribution in [2.75, 3.05) is 26.2 Å². The Kier molecular flexibility index (Phi) is 6.88. The van der Waals surface area contributed by atoms with E-state index in [1.807, 2.05) is 41.7 Å². The van der Waals surface area contributed by atoms with Crippen LogP contribution in [0.3, 0.4) is 0 Å². The lowest BCUT2D eigenvalue weighted by Gasteiger charge is -2.33. The topological polar surface area (TPSA) is 50.8 Å². The molecule has 1 fully saturated rings. The fourth-order valence-electron chi connectivity index (χ4n) is 3.32. The Morgan fingerprint density at radius 3 is 2.85 bits per heavy atom. The van der Waals surface area contributed by atoms with Gasteiger partial charge in [0.25, 0.3) is 0 Å². The molecule has 6 heteroatoms. The molecule has 2 heterocycles. The van der Waals surface area contributed by atoms with Crippen molar-refractivity contribution in [1.29, 1.82) is 0 Å². The molecule has 0 aliphatic carbocycles. The molecule has 27 heavy (non-hydrogen) atoms. The maximum absolute atomic E-state index is 12.4. The maximum atomic E-state index is 12.4. The first kappa shape index (κ1) is 19.9. The Hall–Kier alpha value is -1.89. The quantitative estimate of drug-likeness (QED) is 0.811. The second-order valence-electron chi connectivity index (χ2n) is 6.98. The summed E-state index contributed by atoms with van der Waals surface area (Å²) >= 11 is 1.83. The van der Waals surface area contributed by atoms with Crippen LogP contribution in [-0.4, -0.2) is 43.3 Å². The number of carbonyl (C=O) groups is 1. The average molecular weight is 389 g/mol. The summed E-state index contributed by atoms with van der Waals surface area (Å²) in [6, 6.07) is 12.2. The summed E-state index contributed by atoms with van der Waals surface area (Å²) in [5, 5.41) is 3.54. The summed E-state index contributed by atoms with van der Waals surface area (Å²) in [6.07, 6.45) is -0.296. The van der Waals surface area contributed by atoms with Crippen LogP contribution in [0.2, 0.25) is 0 Å². The lowest BCUT2D eigenvalue weighted by Crippen LogP contribution is -2.49. The molecule has 2 unspecified atom stereocenters. The van der Waals surface area contributed by atoms with E-state index in [9.17, 15) is 4.79 Å². The van der Waals surface area contributed by atoms with E-state index >= 15 is 0 Å². The van der Waals surface area contributed by atoms with Crippen molar-refractivity contribution in [3.05, 3.63) is 57.3 Å². The number of aryl methyl sites for hydroxylation is 2. The van der Waals surface area contributed by atoms with E-state index in [1.165, 1.54) is 15.3 Å². The monoisotopic (exact) mass is 388 g/mol. The molecule has 0 saturated carbocycles. The highest BCUT2D eigenvalue weighted by Gasteiger charge is 2.25. The lowest BCUT2D eigenvalue weighted by molar-refractivity contribution is -0.0278. The normalized spacial score (nSPS) is 18.3. The molecule has 2 aromatic rings. The van der Waals surface area contributed by atoms with E-state index in [4.69, 9.17) is 9.47 Å². The van der Waals surface area contributed by atoms with Crippen molar-refractivity contribution >= 4 is 17.4 Å². The molecule has 1 aliphatic rings. The van der Waals surface area contributed by atoms with Crippen molar-refractivity contribution in [2.45, 2.75) is 39.5 Å². The predicted octanol–water partition coefficient (Wildman–Crippen LogP) is 4.05. The molecule has 5 nitrogen and oxygen atoms in total. The van der Waals surface area contributed by atoms with Gasteiger partial charge < -0.3 is 19.7 Å². The third-order valence-corrected chi connectivity index (χ3v) is 5.78. The maximum Gasteiger partial charge on any atom is 0.410 e. The Labute approximate surface area is 165 Å². The molecular formula is C21H28N2O3S. The van der Waals surface area contributed by atoms with E-state index in [1.54, 1.807) is 4.90 Å². The van der Waals surface area contributed by atoms with Gasteiger partial charge >= 0.3 is 6.09 Å². The zero-order valence-electron chi connectivity index (χ0n) is 16.2. The number of thiophene rings is 1. The number of nitrogens with zero attached hydrogens (tertiary/aromatic N) is 1. The lowest BCUT2D eigenvalue weighted by atomic mass is 10.1. The van der Waals surface area contributed by atoms with Crippen molar-refractivity contribution in [1.82, 2.24) is 10.2 Å². The highest BCUT2D eigenvalue weighted by atomic mass is 32.1. The Balaban J connectivity index is 1.46. The van der Waals surface area contributed by atoms with Crippen molar-refractivity contribution in [3.63, 3.8) is 0 Å². The first-order valence-electron chi connectivity index (χ1n) is 9.40. The second kappa shape index (κ2) is 9.35. The van der Waals surface area contributed by atoms with E-state index in [0.717, 1.165) is 5.56 Å². The van der Waals surface area contributed by atoms with Crippen molar-refractivity contribution < 1.29 is 14.3 Å². The van der Waals surface area contributed by atoms with Gasteiger partial charge in [0.2, 0.25) is 0 Å². The van der Waals surface area contributed by atoms with Crippen molar-refractivity contribution in [2.24, 2.45) is 0 Å². The van der Waals surface area contributed by atoms with Gasteiger partial charge in [0.1, 0.15) is 6.61 Å². The highest BCUT2D eigenvalue weighted by Crippen LogP contribution is 2.26. The SMILES string of the molecule is Cc1cc(C(C)NCC2CN(C(=O)OCc3ccccc3)CCO2)c(C)s1. The molecule has 1 N–H and O–H groups in total. The Morgan fingerprint density at radius 1 is 1.37 bits per heavy atom. The zero-order chi connectivity index (χ0) is 19.2. The first-order valence-corrected chi connectivity index (χ1v) is 10.2. The van der Waals surface area contributed by atoms with Gasteiger partial charge in [0.15, 0.2) is 0 Å². The van der Waals surface area contributed by atoms with Crippen LogP contribution < -0.4 is 5.32 Å². The third-order valence-electron chi connectivity index (χ3n) is 4.80. The highest BCUT2D eigenvalue weighted by molar-refractivity contribution is 7.12. The molecule has 2 atom stereocenters. The van der Waals surface area contributed by atoms with Gasteiger partial charge in [0, 0.05) is 28.9 Å². The molecular weight excluding hydrogens is 360 g/mol. The Morgan fingerprint density at radius 2 is 2.15 bits per heavy atom. The first-order chi connectivity index (χ1) is 13.0. The van der Waals surface area contributed by atoms with Crippen LogP contribution >= 0.6 is 11.3 Å². The summed E-state index contributed by atoms with van der Waals surface area (Å²) in [5.41, 5.74) is 2.33. The van der Waals surface area contributed by atoms with Gasteiger partial charge in [-0.05, 0) is 38.0 Å². The van der Waals surface area contributed by atoms with Crippen LogP contribution in [0.4, 0.5) is 4.79 Å². The molecule has 0 spiro atoms. The number of benzene rings is 1. The number of amides is 1. The van der Waals surface area contributed by atoms with E-state index in [-0.39, 0.29) is 18.2 Å². The second-order valence-corrected chi connectivity index (χ2v) is 8.44. The van der Waals surface area contributed by atoms with Crippen molar-refractivity contribution in [3.8, 4) is 0 Å². The van der Waals surface area contributed by atoms with Crippen LogP contribution in [0, 0.1) is 13.8 Å². The van der Waals surface area contributed by atoms with Gasteiger partial charge in [-0.2, -0.15) is 0 Å². The standard InChI is InChI=1S/C21H28N2O3S/c1-15-11-20(17(3)27-15)16(2)22-12-19-13-23(9-10-25-19)21(24)26-14-18-7-5-4-6-8-18/h4-8,11,16,19,22H,9-10,12-14H2,1-3H3. The number of morpholine rings is 1. The smallest absolute Gasteiger partial charge is 0.410 e. The minimum atomic E-state index is -0.274. The third kappa shape index (κ3) is 5.54. The number of nitrogens with one attached hydrogen (secondary N) is 1. The summed E-state index contributed by atoms with van der Waals surface area (Å²) in [7, 11) is 0. The molecule has 1 aromatic carbocycles. The van der Waals surface area contributed by atoms with Crippen LogP contribution in [0.15, 0.2) is 36.4 Å². The minimum absolute atomic E-state index is 0.0227. The van der Waals surface area contributed by atoms with E-state index < -0.39 is 0 Å². The van der Waals surface area contributed by atoms with E-state index in [0.29, 0.717) is 32.8 Å². The zero-order valence-corrected chi connectivity index (χ0v) is 17.1. The fraction of sp³-hybridized carbons (Fsp3) is 0.476. The summed E-state index contributed by atoms with van der Waals surface area (Å²) in [5.74, 6) is 0. The fourth-order valence-corrected chi connectivity index (χ4v) is 4.34. The summed E-state index contributed by atoms with van der Waals surface area (Å²) in [6.45, 7) is 9.13. The number of hydrogen-bond acceptors (Lipinski definition) is 5. The van der Waals surface area contributed by atoms with Gasteiger partial charge in [-0.25, -0.2) is 4.79 Å². The molecule has 1 aromatic heterocycles. The van der Waals surface area contributed by atoms with E-state index in [2.05, 4.69) is 32.2 Å². The average Bonchev–Trinajstić information content (AvgIpc) is 3.03. The van der Waals surface area contributed by atoms with Crippen LogP contribution in [0.25, 0.3) is 0 Å². The molecule has 1 aliphatic heterocycles. The molecule has 146 valence electrons. The summed E-state index contributed by atoms with van der Waals surface area (Å²) in [4.78, 5) is 16.8. The van der Waals surface area contributed by atoms with Gasteiger partial charge in [0.05, 0.1) is 19.3 Å². The molecule has 0 radical (unpaired) electrons. The van der Waals surface area contributed by atoms with Crippen LogP contribution in [0.1, 0.15) is 33.8 Å². The number of ether oxygens (including phenoxy) is 2. The van der Waals surface area contributed by atoms with Gasteiger partial charge in [-0.15, -0.1) is 11.3 Å². The number of carbonyl (C=O) groups excluding carboxylic acids is 1. The molecule has 1 amide bonds. The van der Waals surface area contributed by atoms with Gasteiger partial charge in [-0.3, -0.25) is 0 Å². The number of hydrogen-bond donors (Lipinski definition) is 1. The molecule has 3 rings (SSSR count). The largest absolute Gasteiger partial charge is 0.445 e. The Bertz CT molecular complexity index is 747. The van der Waals surface area contributed by atoms with Crippen LogP contribution in [0.5, 0.6) is 0 Å². The summed E-state index contributed by atoms with van der Waals surface area (Å²) < 4.78 is 11.3.